The molecule has 0 saturated heterocycles. The van der Waals surface area contributed by atoms with E-state index in [1.54, 1.807) is 0 Å². The van der Waals surface area contributed by atoms with Crippen molar-refractivity contribution in [2.75, 3.05) is 0 Å². The zero-order valence-corrected chi connectivity index (χ0v) is 31.9. The molecule has 0 atom stereocenters. The first-order valence-corrected chi connectivity index (χ1v) is 20.0. The van der Waals surface area contributed by atoms with Crippen molar-refractivity contribution in [2.24, 2.45) is 0 Å². The van der Waals surface area contributed by atoms with Crippen molar-refractivity contribution in [3.8, 4) is 67.3 Å². The lowest BCUT2D eigenvalue weighted by atomic mass is 9.82. The summed E-state index contributed by atoms with van der Waals surface area (Å²) in [5.41, 5.74) is 14.8. The summed E-state index contributed by atoms with van der Waals surface area (Å²) in [7, 11) is 0. The van der Waals surface area contributed by atoms with Crippen LogP contribution in [0.5, 0.6) is 0 Å². The maximum absolute atomic E-state index is 5.33. The Morgan fingerprint density at radius 3 is 1.86 bits per heavy atom. The van der Waals surface area contributed by atoms with E-state index in [0.29, 0.717) is 5.82 Å². The van der Waals surface area contributed by atoms with Crippen molar-refractivity contribution in [3.05, 3.63) is 193 Å². The lowest BCUT2D eigenvalue weighted by Gasteiger charge is -2.22. The van der Waals surface area contributed by atoms with Crippen LogP contribution in [-0.2, 0) is 5.41 Å². The molecule has 264 valence electrons. The van der Waals surface area contributed by atoms with Gasteiger partial charge >= 0.3 is 0 Å². The van der Waals surface area contributed by atoms with Crippen molar-refractivity contribution >= 4 is 42.3 Å². The summed E-state index contributed by atoms with van der Waals surface area (Å²) in [6.45, 7) is 4.66. The van der Waals surface area contributed by atoms with Gasteiger partial charge in [0.1, 0.15) is 0 Å². The third kappa shape index (κ3) is 5.38. The highest BCUT2D eigenvalue weighted by Crippen LogP contribution is 2.49. The molecule has 2 heterocycles. The van der Waals surface area contributed by atoms with Gasteiger partial charge in [-0.3, -0.25) is 0 Å². The summed E-state index contributed by atoms with van der Waals surface area (Å²) in [5.74, 6) is 0.713. The summed E-state index contributed by atoms with van der Waals surface area (Å²) in [5, 5.41) is 5.04. The molecule has 3 heteroatoms. The lowest BCUT2D eigenvalue weighted by Crippen LogP contribution is -2.14. The molecule has 0 bridgehead atoms. The van der Waals surface area contributed by atoms with E-state index in [4.69, 9.17) is 9.97 Å². The Balaban J connectivity index is 1.12. The van der Waals surface area contributed by atoms with Gasteiger partial charge in [0.05, 0.1) is 11.4 Å². The first-order valence-electron chi connectivity index (χ1n) is 19.2. The first-order chi connectivity index (χ1) is 27.5. The van der Waals surface area contributed by atoms with Crippen LogP contribution < -0.4 is 0 Å². The van der Waals surface area contributed by atoms with Gasteiger partial charge in [0.15, 0.2) is 5.82 Å². The molecule has 0 amide bonds. The van der Waals surface area contributed by atoms with Gasteiger partial charge < -0.3 is 0 Å². The molecular weight excluding hydrogens is 697 g/mol. The fourth-order valence-electron chi connectivity index (χ4n) is 8.71. The average molecular weight is 733 g/mol. The molecular formula is C53H36N2S. The molecule has 8 aromatic carbocycles. The minimum absolute atomic E-state index is 0.113. The van der Waals surface area contributed by atoms with Gasteiger partial charge in [0.25, 0.3) is 0 Å². The summed E-state index contributed by atoms with van der Waals surface area (Å²) in [4.78, 5) is 10.6. The predicted molar refractivity (Wildman–Crippen MR) is 237 cm³/mol. The molecule has 56 heavy (non-hydrogen) atoms. The Morgan fingerprint density at radius 1 is 0.375 bits per heavy atom. The van der Waals surface area contributed by atoms with E-state index in [9.17, 15) is 0 Å². The highest BCUT2D eigenvalue weighted by atomic mass is 32.1. The van der Waals surface area contributed by atoms with Gasteiger partial charge in [0, 0.05) is 42.3 Å². The van der Waals surface area contributed by atoms with Gasteiger partial charge in [0.2, 0.25) is 0 Å². The molecule has 0 radical (unpaired) electrons. The molecule has 11 rings (SSSR count). The molecule has 2 nitrogen and oxygen atoms in total. The topological polar surface area (TPSA) is 25.8 Å². The largest absolute Gasteiger partial charge is 0.228 e. The monoisotopic (exact) mass is 732 g/mol. The van der Waals surface area contributed by atoms with Crippen LogP contribution in [0.2, 0.25) is 0 Å². The summed E-state index contributed by atoms with van der Waals surface area (Å²) < 4.78 is 2.61. The van der Waals surface area contributed by atoms with Gasteiger partial charge in [-0.15, -0.1) is 11.3 Å². The zero-order valence-electron chi connectivity index (χ0n) is 31.1. The van der Waals surface area contributed by atoms with Crippen LogP contribution in [0.1, 0.15) is 25.0 Å². The average Bonchev–Trinajstić information content (AvgIpc) is 3.74. The van der Waals surface area contributed by atoms with E-state index >= 15 is 0 Å². The molecule has 0 saturated carbocycles. The van der Waals surface area contributed by atoms with E-state index in [2.05, 4.69) is 190 Å². The Hall–Kier alpha value is -6.68. The summed E-state index contributed by atoms with van der Waals surface area (Å²) in [6.07, 6.45) is 0. The molecule has 2 aromatic heterocycles. The molecule has 0 fully saturated rings. The molecule has 0 spiro atoms. The normalized spacial score (nSPS) is 13.0. The van der Waals surface area contributed by atoms with Crippen molar-refractivity contribution in [2.45, 2.75) is 19.3 Å². The van der Waals surface area contributed by atoms with Crippen molar-refractivity contribution in [1.82, 2.24) is 9.97 Å². The molecule has 0 N–H and O–H groups in total. The van der Waals surface area contributed by atoms with Gasteiger partial charge in [-0.25, -0.2) is 9.97 Å². The van der Waals surface area contributed by atoms with E-state index in [-0.39, 0.29) is 5.41 Å². The van der Waals surface area contributed by atoms with E-state index in [0.717, 1.165) is 39.2 Å². The zero-order chi connectivity index (χ0) is 37.4. The van der Waals surface area contributed by atoms with Crippen LogP contribution in [0, 0.1) is 0 Å². The smallest absolute Gasteiger partial charge is 0.160 e. The molecule has 0 unspecified atom stereocenters. The third-order valence-corrected chi connectivity index (χ3v) is 12.8. The van der Waals surface area contributed by atoms with Crippen molar-refractivity contribution in [3.63, 3.8) is 0 Å². The van der Waals surface area contributed by atoms with Crippen LogP contribution in [0.15, 0.2) is 182 Å². The summed E-state index contributed by atoms with van der Waals surface area (Å²) in [6, 6.07) is 66.1. The van der Waals surface area contributed by atoms with Crippen LogP contribution in [0.4, 0.5) is 0 Å². The second-order valence-corrected chi connectivity index (χ2v) is 16.5. The maximum atomic E-state index is 5.33. The standard InChI is InChI=1S/C53H36N2S/c1-53(2)46-18-10-8-16-42(46)43-24-22-38(31-47(43)53)48-32-49(55-52(54-48)34-13-4-3-5-14-34)41-28-39(36-21-20-33-12-6-7-15-35(33)26-36)27-40(29-41)37-23-25-51-45(30-37)44-17-9-11-19-50(44)56-51/h3-32H,1-2H3. The highest BCUT2D eigenvalue weighted by molar-refractivity contribution is 7.25. The third-order valence-electron chi connectivity index (χ3n) is 11.7. The SMILES string of the molecule is CC1(C)c2ccccc2-c2ccc(-c3cc(-c4cc(-c5ccc6ccccc6c5)cc(-c5ccc6sc7ccccc7c6c5)c4)nc(-c4ccccc4)n3)cc21. The Bertz CT molecular complexity index is 3170. The number of benzene rings is 8. The van der Waals surface area contributed by atoms with Crippen LogP contribution >= 0.6 is 11.3 Å². The van der Waals surface area contributed by atoms with E-state index < -0.39 is 0 Å². The fourth-order valence-corrected chi connectivity index (χ4v) is 9.79. The maximum Gasteiger partial charge on any atom is 0.160 e. The second-order valence-electron chi connectivity index (χ2n) is 15.4. The molecule has 1 aliphatic carbocycles. The van der Waals surface area contributed by atoms with E-state index in [1.165, 1.54) is 64.3 Å². The number of rotatable bonds is 5. The molecule has 10 aromatic rings. The highest BCUT2D eigenvalue weighted by Gasteiger charge is 2.35. The minimum atomic E-state index is -0.113. The van der Waals surface area contributed by atoms with Crippen molar-refractivity contribution < 1.29 is 0 Å². The fraction of sp³-hybridized carbons (Fsp3) is 0.0566. The lowest BCUT2D eigenvalue weighted by molar-refractivity contribution is 0.660. The van der Waals surface area contributed by atoms with Gasteiger partial charge in [-0.2, -0.15) is 0 Å². The number of thiophene rings is 1. The number of aromatic nitrogens is 2. The summed E-state index contributed by atoms with van der Waals surface area (Å²) >= 11 is 1.85. The second kappa shape index (κ2) is 12.7. The molecule has 1 aliphatic rings. The Morgan fingerprint density at radius 2 is 1.00 bits per heavy atom. The predicted octanol–water partition coefficient (Wildman–Crippen LogP) is 14.6. The number of hydrogen-bond acceptors (Lipinski definition) is 3. The Kier molecular flexibility index (Phi) is 7.42. The molecule has 0 aliphatic heterocycles. The first kappa shape index (κ1) is 32.7. The van der Waals surface area contributed by atoms with Crippen LogP contribution in [0.25, 0.3) is 98.2 Å². The quantitative estimate of drug-likeness (QED) is 0.176. The van der Waals surface area contributed by atoms with Gasteiger partial charge in [-0.05, 0) is 110 Å². The van der Waals surface area contributed by atoms with Crippen LogP contribution in [-0.4, -0.2) is 9.97 Å². The van der Waals surface area contributed by atoms with Crippen molar-refractivity contribution in [1.29, 1.82) is 0 Å². The Labute approximate surface area is 330 Å². The van der Waals surface area contributed by atoms with E-state index in [1.807, 2.05) is 17.4 Å². The number of nitrogens with zero attached hydrogens (tertiary/aromatic N) is 2. The van der Waals surface area contributed by atoms with Crippen LogP contribution in [0.3, 0.4) is 0 Å². The number of hydrogen-bond donors (Lipinski definition) is 0. The number of fused-ring (bicyclic) bond motifs is 7. The van der Waals surface area contributed by atoms with Gasteiger partial charge in [-0.1, -0.05) is 141 Å². The minimum Gasteiger partial charge on any atom is -0.228 e.